The molecular formula is C13H15F3N2O2S. The maximum absolute atomic E-state index is 12.9. The number of benzene rings is 1. The van der Waals surface area contributed by atoms with Gasteiger partial charge in [0, 0.05) is 22.3 Å². The normalized spacial score (nSPS) is 23.5. The van der Waals surface area contributed by atoms with E-state index in [-0.39, 0.29) is 16.9 Å². The number of ether oxygens (including phenoxy) is 1. The largest absolute Gasteiger partial charge is 0.417 e. The minimum Gasteiger partial charge on any atom is -0.409 e. The van der Waals surface area contributed by atoms with E-state index in [2.05, 4.69) is 5.16 Å². The lowest BCUT2D eigenvalue weighted by molar-refractivity contribution is -0.137. The van der Waals surface area contributed by atoms with Gasteiger partial charge in [-0.15, -0.1) is 11.8 Å². The molecule has 0 saturated carbocycles. The number of nitrogens with two attached hydrogens (primary N) is 1. The first kappa shape index (κ1) is 16.0. The number of thioether (sulfide) groups is 1. The molecule has 2 atom stereocenters. The highest BCUT2D eigenvalue weighted by molar-refractivity contribution is 8.00. The average Bonchev–Trinajstić information content (AvgIpc) is 2.82. The standard InChI is InChI=1S/C13H15F3N2O2S/c1-7-11(4-5-20-7)21-8-2-3-10(13(14,15)16)9(6-8)12(17)18-19/h2-3,6-7,11,19H,4-5H2,1H3,(H2,17,18). The molecule has 0 spiro atoms. The predicted molar refractivity (Wildman–Crippen MR) is 73.6 cm³/mol. The molecule has 0 radical (unpaired) electrons. The summed E-state index contributed by atoms with van der Waals surface area (Å²) in [6.07, 6.45) is -3.67. The summed E-state index contributed by atoms with van der Waals surface area (Å²) < 4.78 is 44.2. The third-order valence-electron chi connectivity index (χ3n) is 3.27. The topological polar surface area (TPSA) is 67.8 Å². The highest BCUT2D eigenvalue weighted by Crippen LogP contribution is 2.37. The van der Waals surface area contributed by atoms with Crippen molar-refractivity contribution >= 4 is 17.6 Å². The number of hydrogen-bond donors (Lipinski definition) is 2. The second-order valence-electron chi connectivity index (χ2n) is 4.71. The van der Waals surface area contributed by atoms with Gasteiger partial charge in [-0.05, 0) is 31.5 Å². The van der Waals surface area contributed by atoms with Gasteiger partial charge in [0.05, 0.1) is 11.7 Å². The van der Waals surface area contributed by atoms with E-state index in [0.717, 1.165) is 12.5 Å². The fraction of sp³-hybridized carbons (Fsp3) is 0.462. The van der Waals surface area contributed by atoms with E-state index in [9.17, 15) is 13.2 Å². The Morgan fingerprint density at radius 2 is 2.19 bits per heavy atom. The molecule has 0 aliphatic carbocycles. The Kier molecular flexibility index (Phi) is 4.67. The quantitative estimate of drug-likeness (QED) is 0.389. The van der Waals surface area contributed by atoms with E-state index in [4.69, 9.17) is 15.7 Å². The molecule has 0 aromatic heterocycles. The highest BCUT2D eigenvalue weighted by atomic mass is 32.2. The lowest BCUT2D eigenvalue weighted by atomic mass is 10.1. The van der Waals surface area contributed by atoms with Gasteiger partial charge in [-0.1, -0.05) is 5.16 Å². The van der Waals surface area contributed by atoms with E-state index in [1.54, 1.807) is 0 Å². The van der Waals surface area contributed by atoms with Crippen LogP contribution in [0.3, 0.4) is 0 Å². The second kappa shape index (κ2) is 6.15. The van der Waals surface area contributed by atoms with Gasteiger partial charge in [0.1, 0.15) is 0 Å². The lowest BCUT2D eigenvalue weighted by Crippen LogP contribution is -2.20. The van der Waals surface area contributed by atoms with Crippen molar-refractivity contribution in [1.29, 1.82) is 0 Å². The lowest BCUT2D eigenvalue weighted by Gasteiger charge is -2.16. The van der Waals surface area contributed by atoms with Crippen molar-refractivity contribution in [3.8, 4) is 0 Å². The summed E-state index contributed by atoms with van der Waals surface area (Å²) in [6.45, 7) is 2.58. The van der Waals surface area contributed by atoms with Crippen molar-refractivity contribution in [3.63, 3.8) is 0 Å². The van der Waals surface area contributed by atoms with Crippen molar-refractivity contribution in [2.45, 2.75) is 35.8 Å². The van der Waals surface area contributed by atoms with Crippen LogP contribution in [0.15, 0.2) is 28.3 Å². The highest BCUT2D eigenvalue weighted by Gasteiger charge is 2.35. The maximum Gasteiger partial charge on any atom is 0.417 e. The number of halogens is 3. The molecule has 4 nitrogen and oxygen atoms in total. The van der Waals surface area contributed by atoms with Crippen molar-refractivity contribution in [2.75, 3.05) is 6.61 Å². The van der Waals surface area contributed by atoms with Crippen LogP contribution < -0.4 is 5.73 Å². The SMILES string of the molecule is CC1OCCC1Sc1ccc(C(F)(F)F)c(/C(N)=N/O)c1. The summed E-state index contributed by atoms with van der Waals surface area (Å²) in [4.78, 5) is 0.631. The Morgan fingerprint density at radius 3 is 2.71 bits per heavy atom. The van der Waals surface area contributed by atoms with Gasteiger partial charge >= 0.3 is 6.18 Å². The molecule has 3 N–H and O–H groups in total. The van der Waals surface area contributed by atoms with Gasteiger partial charge in [-0.25, -0.2) is 0 Å². The van der Waals surface area contributed by atoms with E-state index in [1.165, 1.54) is 23.9 Å². The molecule has 1 aromatic carbocycles. The average molecular weight is 320 g/mol. The fourth-order valence-corrected chi connectivity index (χ4v) is 3.32. The smallest absolute Gasteiger partial charge is 0.409 e. The van der Waals surface area contributed by atoms with Crippen molar-refractivity contribution in [1.82, 2.24) is 0 Å². The zero-order valence-corrected chi connectivity index (χ0v) is 12.0. The van der Waals surface area contributed by atoms with Crippen molar-refractivity contribution in [3.05, 3.63) is 29.3 Å². The molecule has 1 heterocycles. The monoisotopic (exact) mass is 320 g/mol. The van der Waals surface area contributed by atoms with Gasteiger partial charge in [0.25, 0.3) is 0 Å². The number of oxime groups is 1. The number of alkyl halides is 3. The predicted octanol–water partition coefficient (Wildman–Crippen LogP) is 3.07. The summed E-state index contributed by atoms with van der Waals surface area (Å²) >= 11 is 1.44. The zero-order valence-electron chi connectivity index (χ0n) is 11.2. The molecule has 2 rings (SSSR count). The Hall–Kier alpha value is -1.41. The molecular weight excluding hydrogens is 305 g/mol. The number of rotatable bonds is 3. The molecule has 0 amide bonds. The Morgan fingerprint density at radius 1 is 1.48 bits per heavy atom. The summed E-state index contributed by atoms with van der Waals surface area (Å²) in [6, 6.07) is 3.65. The van der Waals surface area contributed by atoms with E-state index in [0.29, 0.717) is 11.5 Å². The fourth-order valence-electron chi connectivity index (χ4n) is 2.15. The van der Waals surface area contributed by atoms with Gasteiger partial charge < -0.3 is 15.7 Å². The van der Waals surface area contributed by atoms with Crippen molar-refractivity contribution < 1.29 is 23.1 Å². The van der Waals surface area contributed by atoms with E-state index >= 15 is 0 Å². The Bertz CT molecular complexity index is 549. The summed E-state index contributed by atoms with van der Waals surface area (Å²) in [5.74, 6) is -0.555. The van der Waals surface area contributed by atoms with Crippen LogP contribution in [0.5, 0.6) is 0 Å². The molecule has 1 aliphatic heterocycles. The van der Waals surface area contributed by atoms with Gasteiger partial charge in [-0.2, -0.15) is 13.2 Å². The molecule has 2 unspecified atom stereocenters. The van der Waals surface area contributed by atoms with Crippen LogP contribution in [0.4, 0.5) is 13.2 Å². The van der Waals surface area contributed by atoms with Crippen LogP contribution in [-0.4, -0.2) is 29.0 Å². The van der Waals surface area contributed by atoms with Crippen LogP contribution in [0.25, 0.3) is 0 Å². The van der Waals surface area contributed by atoms with Crippen LogP contribution in [-0.2, 0) is 10.9 Å². The van der Waals surface area contributed by atoms with Gasteiger partial charge in [-0.3, -0.25) is 0 Å². The summed E-state index contributed by atoms with van der Waals surface area (Å²) in [5, 5.41) is 11.5. The first-order chi connectivity index (χ1) is 9.82. The molecule has 8 heteroatoms. The third kappa shape index (κ3) is 3.62. The van der Waals surface area contributed by atoms with Gasteiger partial charge in [0.2, 0.25) is 0 Å². The zero-order chi connectivity index (χ0) is 15.6. The van der Waals surface area contributed by atoms with Crippen LogP contribution in [0, 0.1) is 0 Å². The molecule has 0 bridgehead atoms. The van der Waals surface area contributed by atoms with E-state index in [1.807, 2.05) is 6.92 Å². The van der Waals surface area contributed by atoms with Crippen LogP contribution in [0.1, 0.15) is 24.5 Å². The minimum atomic E-state index is -4.56. The first-order valence-corrected chi connectivity index (χ1v) is 7.18. The van der Waals surface area contributed by atoms with Crippen molar-refractivity contribution in [2.24, 2.45) is 10.9 Å². The third-order valence-corrected chi connectivity index (χ3v) is 4.72. The first-order valence-electron chi connectivity index (χ1n) is 6.30. The van der Waals surface area contributed by atoms with Crippen LogP contribution >= 0.6 is 11.8 Å². The molecule has 1 aliphatic rings. The summed E-state index contributed by atoms with van der Waals surface area (Å²) in [7, 11) is 0. The molecule has 1 aromatic rings. The van der Waals surface area contributed by atoms with E-state index < -0.39 is 17.6 Å². The Labute approximate surface area is 124 Å². The summed E-state index contributed by atoms with van der Waals surface area (Å²) in [5.41, 5.74) is 4.13. The Balaban J connectivity index is 2.33. The number of nitrogens with zero attached hydrogens (tertiary/aromatic N) is 1. The second-order valence-corrected chi connectivity index (χ2v) is 6.02. The molecule has 21 heavy (non-hydrogen) atoms. The van der Waals surface area contributed by atoms with Gasteiger partial charge in [0.15, 0.2) is 5.84 Å². The number of amidine groups is 1. The minimum absolute atomic E-state index is 0.0459. The molecule has 1 fully saturated rings. The molecule has 116 valence electrons. The van der Waals surface area contributed by atoms with Crippen LogP contribution in [0.2, 0.25) is 0 Å². The number of hydrogen-bond acceptors (Lipinski definition) is 4. The maximum atomic E-state index is 12.9. The molecule has 1 saturated heterocycles.